The van der Waals surface area contributed by atoms with Crippen LogP contribution < -0.4 is 4.90 Å². The van der Waals surface area contributed by atoms with Crippen LogP contribution in [0.1, 0.15) is 30.9 Å². The molecular formula is C15H20NO+. The van der Waals surface area contributed by atoms with Crippen molar-refractivity contribution in [2.45, 2.75) is 25.4 Å². The predicted octanol–water partition coefficient (Wildman–Crippen LogP) is 0.792. The third kappa shape index (κ3) is 3.89. The Bertz CT molecular complexity index is 384. The first-order valence-electron chi connectivity index (χ1n) is 6.41. The van der Waals surface area contributed by atoms with Crippen molar-refractivity contribution in [3.05, 3.63) is 35.9 Å². The number of aliphatic hydroxyl groups excluding tert-OH is 1. The second-order valence-electron chi connectivity index (χ2n) is 4.62. The summed E-state index contributed by atoms with van der Waals surface area (Å²) in [5, 5.41) is 9.87. The Balaban J connectivity index is 1.84. The topological polar surface area (TPSA) is 24.7 Å². The summed E-state index contributed by atoms with van der Waals surface area (Å²) in [5.41, 5.74) is 0.883. The van der Waals surface area contributed by atoms with Crippen LogP contribution in [0, 0.1) is 11.8 Å². The van der Waals surface area contributed by atoms with Gasteiger partial charge < -0.3 is 10.0 Å². The molecule has 17 heavy (non-hydrogen) atoms. The monoisotopic (exact) mass is 230 g/mol. The van der Waals surface area contributed by atoms with Crippen LogP contribution in [0.2, 0.25) is 0 Å². The molecule has 0 bridgehead atoms. The van der Waals surface area contributed by atoms with E-state index in [0.29, 0.717) is 0 Å². The molecule has 0 amide bonds. The van der Waals surface area contributed by atoms with Crippen LogP contribution in [0.25, 0.3) is 0 Å². The lowest BCUT2D eigenvalue weighted by atomic mass is 10.1. The molecule has 1 aromatic carbocycles. The van der Waals surface area contributed by atoms with Crippen LogP contribution in [-0.2, 0) is 0 Å². The molecule has 2 N–H and O–H groups in total. The standard InChI is InChI=1S/C15H19NO/c17-15(14-8-3-1-4-9-14)10-7-13-16-11-5-2-6-12-16/h1,3-4,8-9,15,17H,2,5-6,11-13H2/p+1/t15-/m0/s1. The summed E-state index contributed by atoms with van der Waals surface area (Å²) in [6.07, 6.45) is 3.36. The Labute approximate surface area is 103 Å². The van der Waals surface area contributed by atoms with E-state index in [2.05, 4.69) is 11.8 Å². The van der Waals surface area contributed by atoms with E-state index in [0.717, 1.165) is 12.1 Å². The van der Waals surface area contributed by atoms with Gasteiger partial charge >= 0.3 is 0 Å². The maximum atomic E-state index is 9.87. The Morgan fingerprint density at radius 1 is 1.12 bits per heavy atom. The Morgan fingerprint density at radius 2 is 1.82 bits per heavy atom. The highest BCUT2D eigenvalue weighted by atomic mass is 16.3. The van der Waals surface area contributed by atoms with Crippen molar-refractivity contribution in [1.29, 1.82) is 0 Å². The molecule has 0 unspecified atom stereocenters. The van der Waals surface area contributed by atoms with Crippen molar-refractivity contribution < 1.29 is 10.0 Å². The molecule has 1 fully saturated rings. The number of aliphatic hydroxyl groups is 1. The first kappa shape index (κ1) is 12.2. The highest BCUT2D eigenvalue weighted by Gasteiger charge is 2.11. The van der Waals surface area contributed by atoms with Crippen molar-refractivity contribution in [2.75, 3.05) is 19.6 Å². The van der Waals surface area contributed by atoms with E-state index in [4.69, 9.17) is 0 Å². The van der Waals surface area contributed by atoms with Gasteiger partial charge in [0.15, 0.2) is 0 Å². The number of benzene rings is 1. The Hall–Kier alpha value is -1.30. The van der Waals surface area contributed by atoms with Gasteiger partial charge in [-0.3, -0.25) is 0 Å². The minimum Gasteiger partial charge on any atom is -0.376 e. The molecule has 0 aromatic heterocycles. The zero-order valence-electron chi connectivity index (χ0n) is 10.2. The summed E-state index contributed by atoms with van der Waals surface area (Å²) in [7, 11) is 0. The van der Waals surface area contributed by atoms with E-state index < -0.39 is 6.10 Å². The first-order chi connectivity index (χ1) is 8.36. The van der Waals surface area contributed by atoms with Crippen molar-refractivity contribution >= 4 is 0 Å². The Kier molecular flexibility index (Phi) is 4.61. The summed E-state index contributed by atoms with van der Waals surface area (Å²) in [5.74, 6) is 6.05. The van der Waals surface area contributed by atoms with Gasteiger partial charge in [-0.05, 0) is 30.7 Å². The normalized spacial score (nSPS) is 18.2. The first-order valence-corrected chi connectivity index (χ1v) is 6.41. The zero-order chi connectivity index (χ0) is 11.9. The number of hydrogen-bond donors (Lipinski definition) is 2. The van der Waals surface area contributed by atoms with E-state index in [1.807, 2.05) is 30.3 Å². The summed E-state index contributed by atoms with van der Waals surface area (Å²) >= 11 is 0. The lowest BCUT2D eigenvalue weighted by molar-refractivity contribution is -0.897. The van der Waals surface area contributed by atoms with Gasteiger partial charge in [0.2, 0.25) is 0 Å². The number of piperidine rings is 1. The van der Waals surface area contributed by atoms with Gasteiger partial charge in [-0.1, -0.05) is 36.3 Å². The molecule has 1 aliphatic rings. The Morgan fingerprint density at radius 3 is 2.53 bits per heavy atom. The van der Waals surface area contributed by atoms with E-state index in [1.165, 1.54) is 32.4 Å². The minimum absolute atomic E-state index is 0.639. The molecule has 2 nitrogen and oxygen atoms in total. The van der Waals surface area contributed by atoms with E-state index in [1.54, 1.807) is 4.90 Å². The largest absolute Gasteiger partial charge is 0.376 e. The van der Waals surface area contributed by atoms with Crippen molar-refractivity contribution in [1.82, 2.24) is 0 Å². The van der Waals surface area contributed by atoms with Gasteiger partial charge in [0.1, 0.15) is 12.6 Å². The van der Waals surface area contributed by atoms with Crippen LogP contribution in [0.5, 0.6) is 0 Å². The fourth-order valence-electron chi connectivity index (χ4n) is 2.22. The van der Waals surface area contributed by atoms with Gasteiger partial charge in [0, 0.05) is 0 Å². The lowest BCUT2D eigenvalue weighted by Crippen LogP contribution is -3.12. The highest BCUT2D eigenvalue weighted by Crippen LogP contribution is 2.09. The highest BCUT2D eigenvalue weighted by molar-refractivity contribution is 5.24. The summed E-state index contributed by atoms with van der Waals surface area (Å²) in [6, 6.07) is 9.62. The predicted molar refractivity (Wildman–Crippen MR) is 68.6 cm³/mol. The molecule has 1 heterocycles. The maximum Gasteiger partial charge on any atom is 0.140 e. The van der Waals surface area contributed by atoms with Gasteiger partial charge in [0.25, 0.3) is 0 Å². The van der Waals surface area contributed by atoms with Crippen LogP contribution in [0.3, 0.4) is 0 Å². The van der Waals surface area contributed by atoms with Crippen LogP contribution in [0.4, 0.5) is 0 Å². The van der Waals surface area contributed by atoms with Gasteiger partial charge in [-0.2, -0.15) is 0 Å². The van der Waals surface area contributed by atoms with Gasteiger partial charge in [0.05, 0.1) is 13.1 Å². The molecule has 0 saturated carbocycles. The molecule has 0 aliphatic carbocycles. The fraction of sp³-hybridized carbons (Fsp3) is 0.467. The summed E-state index contributed by atoms with van der Waals surface area (Å²) in [4.78, 5) is 1.56. The lowest BCUT2D eigenvalue weighted by Gasteiger charge is -2.21. The zero-order valence-corrected chi connectivity index (χ0v) is 10.2. The number of nitrogens with one attached hydrogen (secondary N) is 1. The SMILES string of the molecule is O[C@@H](C#CC[NH+]1CCCCC1)c1ccccc1. The van der Waals surface area contributed by atoms with E-state index >= 15 is 0 Å². The second-order valence-corrected chi connectivity index (χ2v) is 4.62. The summed E-state index contributed by atoms with van der Waals surface area (Å²) < 4.78 is 0. The molecule has 0 radical (unpaired) electrons. The number of rotatable bonds is 2. The maximum absolute atomic E-state index is 9.87. The quantitative estimate of drug-likeness (QED) is 0.722. The average Bonchev–Trinajstić information content (AvgIpc) is 2.41. The molecule has 1 aliphatic heterocycles. The summed E-state index contributed by atoms with van der Waals surface area (Å²) in [6.45, 7) is 3.33. The number of hydrogen-bond acceptors (Lipinski definition) is 1. The molecule has 90 valence electrons. The minimum atomic E-state index is -0.639. The smallest absolute Gasteiger partial charge is 0.140 e. The van der Waals surface area contributed by atoms with E-state index in [9.17, 15) is 5.11 Å². The molecule has 1 saturated heterocycles. The molecule has 1 aromatic rings. The van der Waals surface area contributed by atoms with Crippen LogP contribution in [-0.4, -0.2) is 24.7 Å². The van der Waals surface area contributed by atoms with E-state index in [-0.39, 0.29) is 0 Å². The molecule has 1 atom stereocenters. The molecule has 2 rings (SSSR count). The number of likely N-dealkylation sites (tertiary alicyclic amines) is 1. The third-order valence-electron chi connectivity index (χ3n) is 3.25. The van der Waals surface area contributed by atoms with Gasteiger partial charge in [-0.25, -0.2) is 0 Å². The van der Waals surface area contributed by atoms with Crippen molar-refractivity contribution in [2.24, 2.45) is 0 Å². The number of quaternary nitrogens is 1. The van der Waals surface area contributed by atoms with Crippen LogP contribution in [0.15, 0.2) is 30.3 Å². The molecule has 2 heteroatoms. The second kappa shape index (κ2) is 6.44. The van der Waals surface area contributed by atoms with Gasteiger partial charge in [-0.15, -0.1) is 0 Å². The van der Waals surface area contributed by atoms with Crippen molar-refractivity contribution in [3.8, 4) is 11.8 Å². The average molecular weight is 230 g/mol. The van der Waals surface area contributed by atoms with Crippen LogP contribution >= 0.6 is 0 Å². The molecular weight excluding hydrogens is 210 g/mol. The molecule has 0 spiro atoms. The van der Waals surface area contributed by atoms with Crippen molar-refractivity contribution in [3.63, 3.8) is 0 Å². The third-order valence-corrected chi connectivity index (χ3v) is 3.25. The fourth-order valence-corrected chi connectivity index (χ4v) is 2.22.